The maximum absolute atomic E-state index is 13.4. The van der Waals surface area contributed by atoms with Gasteiger partial charge in [0.15, 0.2) is 5.72 Å². The predicted octanol–water partition coefficient (Wildman–Crippen LogP) is 8.63. The highest BCUT2D eigenvalue weighted by molar-refractivity contribution is 5.81. The Morgan fingerprint density at radius 2 is 1.62 bits per heavy atom. The van der Waals surface area contributed by atoms with Crippen LogP contribution in [0.25, 0.3) is 11.0 Å². The van der Waals surface area contributed by atoms with Gasteiger partial charge in [0.2, 0.25) is 0 Å². The molecule has 5 nitrogen and oxygen atoms in total. The van der Waals surface area contributed by atoms with Crippen molar-refractivity contribution in [1.29, 1.82) is 0 Å². The van der Waals surface area contributed by atoms with Crippen LogP contribution in [0.1, 0.15) is 77.6 Å². The van der Waals surface area contributed by atoms with Gasteiger partial charge < -0.3 is 19.0 Å². The lowest BCUT2D eigenvalue weighted by atomic mass is 9.74. The van der Waals surface area contributed by atoms with E-state index in [0.29, 0.717) is 23.0 Å². The third-order valence-corrected chi connectivity index (χ3v) is 8.45. The van der Waals surface area contributed by atoms with Crippen LogP contribution in [0.5, 0.6) is 5.75 Å². The predicted molar refractivity (Wildman–Crippen MR) is 175 cm³/mol. The summed E-state index contributed by atoms with van der Waals surface area (Å²) >= 11 is 0. The molecule has 2 aliphatic rings. The fourth-order valence-electron chi connectivity index (χ4n) is 6.32. The molecule has 1 unspecified atom stereocenters. The van der Waals surface area contributed by atoms with Gasteiger partial charge in [0.05, 0.1) is 12.0 Å². The molecule has 3 heterocycles. The molecule has 0 bridgehead atoms. The Kier molecular flexibility index (Phi) is 7.67. The molecule has 42 heavy (non-hydrogen) atoms. The van der Waals surface area contributed by atoms with E-state index in [4.69, 9.17) is 9.15 Å². The fraction of sp³-hybridized carbons (Fsp3) is 0.432. The molecule has 0 saturated heterocycles. The number of anilines is 2. The summed E-state index contributed by atoms with van der Waals surface area (Å²) in [7, 11) is 0. The van der Waals surface area contributed by atoms with E-state index in [2.05, 4.69) is 127 Å². The first-order valence-corrected chi connectivity index (χ1v) is 15.2. The van der Waals surface area contributed by atoms with Crippen LogP contribution in [0, 0.1) is 12.3 Å². The molecule has 3 aromatic carbocycles. The van der Waals surface area contributed by atoms with Crippen LogP contribution in [0.15, 0.2) is 75.9 Å². The SMILES string of the molecule is CC(C)(C)C.CCN(CC)c1ccc2cc(CC34Oc5ccc(C)cc5CN3c3ccccc3C4(C)C)c(=O)oc2c1. The molecule has 2 aliphatic heterocycles. The van der Waals surface area contributed by atoms with Gasteiger partial charge in [0.25, 0.3) is 0 Å². The van der Waals surface area contributed by atoms with Gasteiger partial charge in [-0.15, -0.1) is 0 Å². The van der Waals surface area contributed by atoms with Gasteiger partial charge in [0.1, 0.15) is 11.3 Å². The monoisotopic (exact) mass is 566 g/mol. The van der Waals surface area contributed by atoms with Crippen molar-refractivity contribution in [3.8, 4) is 5.75 Å². The van der Waals surface area contributed by atoms with Crippen LogP contribution >= 0.6 is 0 Å². The third-order valence-electron chi connectivity index (χ3n) is 8.45. The Labute approximate surface area is 251 Å². The highest BCUT2D eigenvalue weighted by Crippen LogP contribution is 2.56. The maximum atomic E-state index is 13.4. The summed E-state index contributed by atoms with van der Waals surface area (Å²) in [5, 5.41) is 0.925. The summed E-state index contributed by atoms with van der Waals surface area (Å²) in [6.45, 7) is 22.1. The van der Waals surface area contributed by atoms with E-state index < -0.39 is 5.72 Å². The summed E-state index contributed by atoms with van der Waals surface area (Å²) in [5.74, 6) is 0.886. The van der Waals surface area contributed by atoms with Gasteiger partial charge >= 0.3 is 5.63 Å². The molecule has 0 N–H and O–H groups in total. The molecule has 4 aromatic rings. The van der Waals surface area contributed by atoms with E-state index in [1.807, 2.05) is 12.1 Å². The average molecular weight is 567 g/mol. The van der Waals surface area contributed by atoms with Crippen LogP contribution in [0.3, 0.4) is 0 Å². The highest BCUT2D eigenvalue weighted by Gasteiger charge is 2.61. The fourth-order valence-corrected chi connectivity index (χ4v) is 6.32. The van der Waals surface area contributed by atoms with Crippen molar-refractivity contribution >= 4 is 22.3 Å². The number of aryl methyl sites for hydroxylation is 1. The van der Waals surface area contributed by atoms with E-state index in [1.54, 1.807) is 0 Å². The summed E-state index contributed by atoms with van der Waals surface area (Å²) in [6.07, 6.45) is 0.415. The van der Waals surface area contributed by atoms with Crippen LogP contribution < -0.4 is 20.2 Å². The van der Waals surface area contributed by atoms with Crippen molar-refractivity contribution in [1.82, 2.24) is 0 Å². The van der Waals surface area contributed by atoms with Gasteiger partial charge in [-0.25, -0.2) is 4.79 Å². The zero-order valence-corrected chi connectivity index (χ0v) is 26.8. The minimum absolute atomic E-state index is 0.302. The smallest absolute Gasteiger partial charge is 0.339 e. The van der Waals surface area contributed by atoms with Gasteiger partial charge in [0, 0.05) is 53.5 Å². The molecule has 6 rings (SSSR count). The van der Waals surface area contributed by atoms with Crippen LogP contribution in [-0.4, -0.2) is 18.8 Å². The molecule has 1 aromatic heterocycles. The molecule has 0 amide bonds. The molecule has 0 spiro atoms. The number of para-hydroxylation sites is 1. The lowest BCUT2D eigenvalue weighted by Gasteiger charge is -2.50. The minimum atomic E-state index is -0.761. The quantitative estimate of drug-likeness (QED) is 0.226. The van der Waals surface area contributed by atoms with Gasteiger partial charge in [-0.05, 0) is 75.9 Å². The second kappa shape index (κ2) is 10.8. The molecule has 0 radical (unpaired) electrons. The summed E-state index contributed by atoms with van der Waals surface area (Å²) in [6, 6.07) is 23.0. The molecule has 222 valence electrons. The van der Waals surface area contributed by atoms with Crippen molar-refractivity contribution in [2.75, 3.05) is 22.9 Å². The first-order chi connectivity index (χ1) is 19.8. The van der Waals surface area contributed by atoms with Gasteiger partial charge in [-0.1, -0.05) is 63.6 Å². The Hall–Kier alpha value is -3.73. The largest absolute Gasteiger partial charge is 0.466 e. The third kappa shape index (κ3) is 5.30. The summed E-state index contributed by atoms with van der Waals surface area (Å²) < 4.78 is 12.9. The summed E-state index contributed by atoms with van der Waals surface area (Å²) in [4.78, 5) is 18.0. The van der Waals surface area contributed by atoms with Gasteiger partial charge in [-0.3, -0.25) is 0 Å². The Morgan fingerprint density at radius 3 is 2.31 bits per heavy atom. The highest BCUT2D eigenvalue weighted by atomic mass is 16.5. The average Bonchev–Trinajstić information content (AvgIpc) is 3.11. The lowest BCUT2D eigenvalue weighted by Crippen LogP contribution is -2.63. The number of hydrogen-bond donors (Lipinski definition) is 0. The second-order valence-electron chi connectivity index (χ2n) is 13.9. The van der Waals surface area contributed by atoms with Crippen molar-refractivity contribution in [3.05, 3.63) is 99.4 Å². The lowest BCUT2D eigenvalue weighted by molar-refractivity contribution is -0.00351. The first-order valence-electron chi connectivity index (χ1n) is 15.2. The molecule has 1 atom stereocenters. The number of ether oxygens (including phenoxy) is 1. The van der Waals surface area contributed by atoms with Crippen molar-refractivity contribution in [2.24, 2.45) is 5.41 Å². The Balaban J connectivity index is 0.000000652. The molecular formula is C37H46N2O3. The molecule has 0 aliphatic carbocycles. The number of hydrogen-bond acceptors (Lipinski definition) is 5. The topological polar surface area (TPSA) is 45.9 Å². The summed E-state index contributed by atoms with van der Waals surface area (Å²) in [5.41, 5.74) is 6.14. The number of fused-ring (bicyclic) bond motifs is 5. The van der Waals surface area contributed by atoms with E-state index in [1.165, 1.54) is 11.1 Å². The first kappa shape index (κ1) is 29.8. The van der Waals surface area contributed by atoms with E-state index in [-0.39, 0.29) is 11.0 Å². The van der Waals surface area contributed by atoms with Crippen molar-refractivity contribution in [3.63, 3.8) is 0 Å². The van der Waals surface area contributed by atoms with Crippen LogP contribution in [0.2, 0.25) is 0 Å². The minimum Gasteiger partial charge on any atom is -0.466 e. The van der Waals surface area contributed by atoms with E-state index in [0.717, 1.165) is 47.7 Å². The Morgan fingerprint density at radius 1 is 0.929 bits per heavy atom. The number of benzene rings is 3. The van der Waals surface area contributed by atoms with Crippen molar-refractivity contribution in [2.45, 2.75) is 86.4 Å². The van der Waals surface area contributed by atoms with Crippen LogP contribution in [0.4, 0.5) is 11.4 Å². The second-order valence-corrected chi connectivity index (χ2v) is 13.9. The maximum Gasteiger partial charge on any atom is 0.339 e. The molecular weight excluding hydrogens is 520 g/mol. The van der Waals surface area contributed by atoms with E-state index >= 15 is 0 Å². The number of nitrogens with zero attached hydrogens (tertiary/aromatic N) is 2. The Bertz CT molecular complexity index is 1650. The number of rotatable bonds is 5. The molecule has 0 saturated carbocycles. The standard InChI is InChI=1S/C32H34N2O3.C5H12/c1-6-33(7-2)25-14-13-22-17-23(30(35)36-29(22)18-25)19-32-31(4,5)26-10-8-9-11-27(26)34(32)20-24-16-21(3)12-15-28(24)37-32;1-5(2,3)4/h8-18H,6-7,19-20H2,1-5H3;1-4H3. The van der Waals surface area contributed by atoms with Crippen LogP contribution in [-0.2, 0) is 18.4 Å². The molecule has 5 heteroatoms. The van der Waals surface area contributed by atoms with Crippen molar-refractivity contribution < 1.29 is 9.15 Å². The van der Waals surface area contributed by atoms with E-state index in [9.17, 15) is 4.79 Å². The zero-order chi connectivity index (χ0) is 30.4. The van der Waals surface area contributed by atoms with Gasteiger partial charge in [-0.2, -0.15) is 0 Å². The normalized spacial score (nSPS) is 18.4. The molecule has 0 fully saturated rings. The zero-order valence-electron chi connectivity index (χ0n) is 26.8.